The van der Waals surface area contributed by atoms with Gasteiger partial charge in [0, 0.05) is 9.58 Å². The average Bonchev–Trinajstić information content (AvgIpc) is 2.59. The summed E-state index contributed by atoms with van der Waals surface area (Å²) in [5.74, 6) is 0. The molecule has 1 unspecified atom stereocenters. The van der Waals surface area contributed by atoms with Gasteiger partial charge in [-0.15, -0.1) is 11.3 Å². The molecule has 66 valence electrons. The third kappa shape index (κ3) is 1.67. The van der Waals surface area contributed by atoms with Gasteiger partial charge in [-0.25, -0.2) is 0 Å². The van der Waals surface area contributed by atoms with Crippen LogP contribution >= 0.6 is 27.3 Å². The van der Waals surface area contributed by atoms with E-state index in [1.54, 1.807) is 11.3 Å². The van der Waals surface area contributed by atoms with Crippen LogP contribution in [0, 0.1) is 0 Å². The third-order valence-electron chi connectivity index (χ3n) is 1.84. The number of carbonyl (C=O) groups excluding carboxylic acids is 1. The van der Waals surface area contributed by atoms with Crippen molar-refractivity contribution >= 4 is 43.6 Å². The molecule has 1 aromatic carbocycles. The van der Waals surface area contributed by atoms with E-state index >= 15 is 0 Å². The van der Waals surface area contributed by atoms with Crippen LogP contribution in [0.5, 0.6) is 0 Å². The number of fused-ring (bicyclic) bond motifs is 1. The second-order valence-electron chi connectivity index (χ2n) is 2.72. The lowest BCUT2D eigenvalue weighted by Crippen LogP contribution is -1.83. The number of benzene rings is 1. The normalized spacial score (nSPS) is 13.0. The molecule has 0 radical (unpaired) electrons. The van der Waals surface area contributed by atoms with Crippen LogP contribution in [0.2, 0.25) is 0 Å². The molecule has 2 aromatic rings. The topological polar surface area (TPSA) is 17.1 Å². The predicted octanol–water partition coefficient (Wildman–Crippen LogP) is 3.54. The molecular weight excluding hydrogens is 248 g/mol. The molecule has 0 amide bonds. The third-order valence-corrected chi connectivity index (χ3v) is 4.05. The molecule has 0 saturated carbocycles. The monoisotopic (exact) mass is 254 g/mol. The van der Waals surface area contributed by atoms with Crippen LogP contribution in [0.15, 0.2) is 30.3 Å². The number of thiophene rings is 1. The van der Waals surface area contributed by atoms with Crippen molar-refractivity contribution < 1.29 is 4.79 Å². The number of carbonyl (C=O) groups is 1. The van der Waals surface area contributed by atoms with E-state index < -0.39 is 0 Å². The summed E-state index contributed by atoms with van der Waals surface area (Å²) in [6, 6.07) is 10.2. The van der Waals surface area contributed by atoms with Crippen LogP contribution in [0.4, 0.5) is 0 Å². The molecule has 0 N–H and O–H groups in total. The van der Waals surface area contributed by atoms with Gasteiger partial charge in [-0.2, -0.15) is 0 Å². The summed E-state index contributed by atoms with van der Waals surface area (Å²) in [4.78, 5) is 11.4. The summed E-state index contributed by atoms with van der Waals surface area (Å²) in [6.07, 6.45) is 0.907. The Kier molecular flexibility index (Phi) is 2.47. The standard InChI is InChI=1S/C10H7BrOS/c11-8(6-12)10-5-7-3-1-2-4-9(7)13-10/h1-6,8H. The minimum atomic E-state index is -0.162. The molecule has 1 nitrogen and oxygen atoms in total. The molecule has 1 atom stereocenters. The first-order valence-corrected chi connectivity index (χ1v) is 5.62. The number of hydrogen-bond acceptors (Lipinski definition) is 2. The van der Waals surface area contributed by atoms with E-state index in [0.717, 1.165) is 11.2 Å². The smallest absolute Gasteiger partial charge is 0.138 e. The molecule has 3 heteroatoms. The van der Waals surface area contributed by atoms with Gasteiger partial charge in [0.1, 0.15) is 11.1 Å². The highest BCUT2D eigenvalue weighted by Gasteiger charge is 2.08. The summed E-state index contributed by atoms with van der Waals surface area (Å²) < 4.78 is 1.23. The van der Waals surface area contributed by atoms with E-state index in [9.17, 15) is 4.79 Å². The molecule has 0 saturated heterocycles. The molecule has 0 bridgehead atoms. The molecule has 0 aliphatic carbocycles. The van der Waals surface area contributed by atoms with Crippen LogP contribution < -0.4 is 0 Å². The van der Waals surface area contributed by atoms with Gasteiger partial charge in [-0.1, -0.05) is 34.1 Å². The van der Waals surface area contributed by atoms with E-state index in [1.807, 2.05) is 18.2 Å². The van der Waals surface area contributed by atoms with Crippen molar-refractivity contribution in [3.63, 3.8) is 0 Å². The molecule has 0 aliphatic heterocycles. The molecule has 2 rings (SSSR count). The zero-order valence-corrected chi connectivity index (χ0v) is 9.14. The van der Waals surface area contributed by atoms with Crippen LogP contribution in [0.25, 0.3) is 10.1 Å². The quantitative estimate of drug-likeness (QED) is 0.592. The van der Waals surface area contributed by atoms with Crippen LogP contribution in [-0.4, -0.2) is 6.29 Å². The van der Waals surface area contributed by atoms with Crippen molar-refractivity contribution in [3.8, 4) is 0 Å². The van der Waals surface area contributed by atoms with Gasteiger partial charge in [0.25, 0.3) is 0 Å². The van der Waals surface area contributed by atoms with E-state index in [2.05, 4.69) is 28.1 Å². The van der Waals surface area contributed by atoms with Gasteiger partial charge in [-0.3, -0.25) is 0 Å². The van der Waals surface area contributed by atoms with Crippen molar-refractivity contribution in [2.75, 3.05) is 0 Å². The molecular formula is C10H7BrOS. The summed E-state index contributed by atoms with van der Waals surface area (Å²) in [7, 11) is 0. The Hall–Kier alpha value is -0.670. The molecule has 0 spiro atoms. The number of aldehydes is 1. The largest absolute Gasteiger partial charge is 0.302 e. The zero-order valence-electron chi connectivity index (χ0n) is 6.74. The summed E-state index contributed by atoms with van der Waals surface area (Å²) in [5, 5.41) is 1.20. The van der Waals surface area contributed by atoms with E-state index in [0.29, 0.717) is 0 Å². The Bertz CT molecular complexity index is 402. The van der Waals surface area contributed by atoms with Crippen LogP contribution in [0.1, 0.15) is 9.70 Å². The van der Waals surface area contributed by atoms with Gasteiger partial charge in [-0.05, 0) is 17.5 Å². The molecule has 1 aromatic heterocycles. The van der Waals surface area contributed by atoms with Gasteiger partial charge in [0.15, 0.2) is 0 Å². The Morgan fingerprint density at radius 2 is 2.15 bits per heavy atom. The number of halogens is 1. The van der Waals surface area contributed by atoms with E-state index in [4.69, 9.17) is 0 Å². The Morgan fingerprint density at radius 1 is 1.38 bits per heavy atom. The zero-order chi connectivity index (χ0) is 9.26. The summed E-state index contributed by atoms with van der Waals surface area (Å²) in [5.41, 5.74) is 0. The lowest BCUT2D eigenvalue weighted by atomic mass is 10.2. The molecule has 1 heterocycles. The maximum atomic E-state index is 10.5. The van der Waals surface area contributed by atoms with Crippen LogP contribution in [-0.2, 0) is 4.79 Å². The number of alkyl halides is 1. The lowest BCUT2D eigenvalue weighted by molar-refractivity contribution is -0.107. The second kappa shape index (κ2) is 3.60. The van der Waals surface area contributed by atoms with Crippen molar-refractivity contribution in [2.45, 2.75) is 4.83 Å². The van der Waals surface area contributed by atoms with Gasteiger partial charge in [0.05, 0.1) is 0 Å². The van der Waals surface area contributed by atoms with Crippen molar-refractivity contribution in [1.29, 1.82) is 0 Å². The summed E-state index contributed by atoms with van der Waals surface area (Å²) in [6.45, 7) is 0. The fourth-order valence-electron chi connectivity index (χ4n) is 1.21. The Morgan fingerprint density at radius 3 is 2.85 bits per heavy atom. The molecule has 0 aliphatic rings. The first kappa shape index (κ1) is 8.91. The number of hydrogen-bond donors (Lipinski definition) is 0. The molecule has 0 fully saturated rings. The predicted molar refractivity (Wildman–Crippen MR) is 59.6 cm³/mol. The van der Waals surface area contributed by atoms with Crippen molar-refractivity contribution in [1.82, 2.24) is 0 Å². The maximum Gasteiger partial charge on any atom is 0.138 e. The summed E-state index contributed by atoms with van der Waals surface area (Å²) >= 11 is 4.96. The van der Waals surface area contributed by atoms with Gasteiger partial charge < -0.3 is 4.79 Å². The van der Waals surface area contributed by atoms with Crippen molar-refractivity contribution in [2.24, 2.45) is 0 Å². The minimum absolute atomic E-state index is 0.162. The highest BCUT2D eigenvalue weighted by atomic mass is 79.9. The highest BCUT2D eigenvalue weighted by Crippen LogP contribution is 2.32. The average molecular weight is 255 g/mol. The fourth-order valence-corrected chi connectivity index (χ4v) is 2.62. The molecule has 13 heavy (non-hydrogen) atoms. The van der Waals surface area contributed by atoms with E-state index in [-0.39, 0.29) is 4.83 Å². The van der Waals surface area contributed by atoms with Crippen LogP contribution in [0.3, 0.4) is 0 Å². The van der Waals surface area contributed by atoms with Gasteiger partial charge >= 0.3 is 0 Å². The van der Waals surface area contributed by atoms with E-state index in [1.165, 1.54) is 10.1 Å². The first-order chi connectivity index (χ1) is 6.31. The minimum Gasteiger partial charge on any atom is -0.302 e. The first-order valence-electron chi connectivity index (χ1n) is 3.89. The van der Waals surface area contributed by atoms with Crippen molar-refractivity contribution in [3.05, 3.63) is 35.2 Å². The number of rotatable bonds is 2. The van der Waals surface area contributed by atoms with Gasteiger partial charge in [0.2, 0.25) is 0 Å². The Labute approximate surface area is 88.5 Å². The fraction of sp³-hybridized carbons (Fsp3) is 0.100. The maximum absolute atomic E-state index is 10.5. The highest BCUT2D eigenvalue weighted by molar-refractivity contribution is 9.09. The Balaban J connectivity index is 2.55. The second-order valence-corrected chi connectivity index (χ2v) is 4.83. The lowest BCUT2D eigenvalue weighted by Gasteiger charge is -1.92. The SMILES string of the molecule is O=CC(Br)c1cc2ccccc2s1.